The molecule has 0 unspecified atom stereocenters. The van der Waals surface area contributed by atoms with Crippen LogP contribution in [-0.2, 0) is 0 Å². The van der Waals surface area contributed by atoms with Gasteiger partial charge < -0.3 is 25.0 Å². The molecule has 0 aliphatic carbocycles. The highest BCUT2D eigenvalue weighted by molar-refractivity contribution is 14.0. The summed E-state index contributed by atoms with van der Waals surface area (Å²) in [6.07, 6.45) is 0. The summed E-state index contributed by atoms with van der Waals surface area (Å²) in [5, 5.41) is 13.4. The molecule has 2 aromatic rings. The van der Waals surface area contributed by atoms with Gasteiger partial charge in [0, 0.05) is 33.2 Å². The number of phenols is 1. The van der Waals surface area contributed by atoms with Crippen molar-refractivity contribution in [3.8, 4) is 11.5 Å². The van der Waals surface area contributed by atoms with E-state index in [1.807, 2.05) is 48.5 Å². The fourth-order valence-corrected chi connectivity index (χ4v) is 3.07. The number of nitrogens with one attached hydrogen (secondary N) is 1. The zero-order valence-corrected chi connectivity index (χ0v) is 17.9. The van der Waals surface area contributed by atoms with Crippen LogP contribution >= 0.6 is 24.0 Å². The van der Waals surface area contributed by atoms with Crippen LogP contribution in [0.2, 0.25) is 0 Å². The molecule has 0 amide bonds. The summed E-state index contributed by atoms with van der Waals surface area (Å²) in [5.74, 6) is 2.10. The fraction of sp³-hybridized carbons (Fsp3) is 0.350. The van der Waals surface area contributed by atoms with Crippen LogP contribution in [0.4, 0.5) is 5.69 Å². The van der Waals surface area contributed by atoms with Crippen molar-refractivity contribution in [2.45, 2.75) is 0 Å². The average Bonchev–Trinajstić information content (AvgIpc) is 2.70. The van der Waals surface area contributed by atoms with Gasteiger partial charge in [0.25, 0.3) is 0 Å². The van der Waals surface area contributed by atoms with Gasteiger partial charge in [-0.25, -0.2) is 0 Å². The van der Waals surface area contributed by atoms with Crippen LogP contribution in [0.1, 0.15) is 0 Å². The third-order valence-electron chi connectivity index (χ3n) is 4.41. The number of nitrogens with zero attached hydrogens (tertiary/aromatic N) is 3. The zero-order valence-electron chi connectivity index (χ0n) is 15.5. The second kappa shape index (κ2) is 10.9. The van der Waals surface area contributed by atoms with Crippen LogP contribution in [0.3, 0.4) is 0 Å². The predicted octanol–water partition coefficient (Wildman–Crippen LogP) is 2.79. The first kappa shape index (κ1) is 21.1. The number of benzene rings is 2. The zero-order chi connectivity index (χ0) is 18.2. The third kappa shape index (κ3) is 5.92. The summed E-state index contributed by atoms with van der Waals surface area (Å²) in [6.45, 7) is 4.68. The van der Waals surface area contributed by atoms with Crippen molar-refractivity contribution in [1.29, 1.82) is 0 Å². The van der Waals surface area contributed by atoms with Crippen molar-refractivity contribution in [3.63, 3.8) is 0 Å². The molecule has 0 spiro atoms. The van der Waals surface area contributed by atoms with Gasteiger partial charge in [-0.3, -0.25) is 4.99 Å². The quantitative estimate of drug-likeness (QED) is 0.297. The van der Waals surface area contributed by atoms with Crippen LogP contribution in [0.15, 0.2) is 59.6 Å². The van der Waals surface area contributed by atoms with Gasteiger partial charge in [-0.15, -0.1) is 24.0 Å². The minimum absolute atomic E-state index is 0. The van der Waals surface area contributed by atoms with E-state index >= 15 is 0 Å². The van der Waals surface area contributed by atoms with Crippen molar-refractivity contribution >= 4 is 35.6 Å². The first-order chi connectivity index (χ1) is 12.8. The number of halogens is 1. The maximum Gasteiger partial charge on any atom is 0.193 e. The van der Waals surface area contributed by atoms with E-state index in [2.05, 4.69) is 20.1 Å². The van der Waals surface area contributed by atoms with Crippen LogP contribution in [-0.4, -0.2) is 62.3 Å². The molecule has 7 heteroatoms. The summed E-state index contributed by atoms with van der Waals surface area (Å²) in [4.78, 5) is 8.82. The summed E-state index contributed by atoms with van der Waals surface area (Å²) in [6, 6.07) is 17.3. The van der Waals surface area contributed by atoms with Gasteiger partial charge in [-0.1, -0.05) is 30.3 Å². The maximum absolute atomic E-state index is 10.0. The lowest BCUT2D eigenvalue weighted by Crippen LogP contribution is -2.53. The number of anilines is 1. The van der Waals surface area contributed by atoms with Crippen molar-refractivity contribution in [1.82, 2.24) is 10.2 Å². The Kier molecular flexibility index (Phi) is 8.50. The Balaban J connectivity index is 0.00000261. The molecule has 0 aromatic heterocycles. The number of rotatable bonds is 5. The Morgan fingerprint density at radius 2 is 1.70 bits per heavy atom. The Hall–Kier alpha value is -2.16. The first-order valence-electron chi connectivity index (χ1n) is 8.94. The number of hydrogen-bond acceptors (Lipinski definition) is 4. The van der Waals surface area contributed by atoms with Crippen LogP contribution in [0.25, 0.3) is 0 Å². The number of aromatic hydroxyl groups is 1. The van der Waals surface area contributed by atoms with Crippen molar-refractivity contribution in [2.75, 3.05) is 51.3 Å². The third-order valence-corrected chi connectivity index (χ3v) is 4.41. The minimum atomic E-state index is 0. The normalized spacial score (nSPS) is 14.5. The summed E-state index contributed by atoms with van der Waals surface area (Å²) >= 11 is 0. The standard InChI is InChI=1S/C20H26N4O2.HI/c1-21-20(22-11-16-26-17-7-3-2-4-8-17)24-14-12-23(13-15-24)18-9-5-6-10-19(18)25;/h2-10,25H,11-16H2,1H3,(H,21,22);1H. The summed E-state index contributed by atoms with van der Waals surface area (Å²) in [5.41, 5.74) is 0.895. The minimum Gasteiger partial charge on any atom is -0.506 e. The highest BCUT2D eigenvalue weighted by atomic mass is 127. The second-order valence-corrected chi connectivity index (χ2v) is 6.10. The number of aliphatic imine (C=N–C) groups is 1. The largest absolute Gasteiger partial charge is 0.506 e. The number of guanidine groups is 1. The molecule has 0 atom stereocenters. The van der Waals surface area contributed by atoms with E-state index < -0.39 is 0 Å². The molecule has 2 aromatic carbocycles. The SMILES string of the molecule is CN=C(NCCOc1ccccc1)N1CCN(c2ccccc2O)CC1.I. The van der Waals surface area contributed by atoms with E-state index in [0.29, 0.717) is 18.9 Å². The van der Waals surface area contributed by atoms with E-state index in [-0.39, 0.29) is 24.0 Å². The van der Waals surface area contributed by atoms with E-state index in [9.17, 15) is 5.11 Å². The fourth-order valence-electron chi connectivity index (χ4n) is 3.07. The smallest absolute Gasteiger partial charge is 0.193 e. The molecule has 0 radical (unpaired) electrons. The van der Waals surface area contributed by atoms with E-state index in [1.165, 1.54) is 0 Å². The topological polar surface area (TPSA) is 60.3 Å². The van der Waals surface area contributed by atoms with Crippen molar-refractivity contribution in [2.24, 2.45) is 4.99 Å². The highest BCUT2D eigenvalue weighted by Crippen LogP contribution is 2.27. The van der Waals surface area contributed by atoms with Gasteiger partial charge in [-0.2, -0.15) is 0 Å². The number of hydrogen-bond donors (Lipinski definition) is 2. The lowest BCUT2D eigenvalue weighted by molar-refractivity contribution is 0.315. The van der Waals surface area contributed by atoms with Gasteiger partial charge in [0.05, 0.1) is 12.2 Å². The molecule has 27 heavy (non-hydrogen) atoms. The molecule has 146 valence electrons. The Morgan fingerprint density at radius 1 is 1.04 bits per heavy atom. The summed E-state index contributed by atoms with van der Waals surface area (Å²) < 4.78 is 5.70. The van der Waals surface area contributed by atoms with Gasteiger partial charge in [-0.05, 0) is 24.3 Å². The van der Waals surface area contributed by atoms with Gasteiger partial charge in [0.15, 0.2) is 5.96 Å². The van der Waals surface area contributed by atoms with Crippen molar-refractivity contribution in [3.05, 3.63) is 54.6 Å². The number of ether oxygens (including phenoxy) is 1. The molecule has 0 bridgehead atoms. The van der Waals surface area contributed by atoms with Gasteiger partial charge in [0.2, 0.25) is 0 Å². The molecular formula is C20H27IN4O2. The molecule has 2 N–H and O–H groups in total. The molecule has 1 aliphatic heterocycles. The van der Waals surface area contributed by atoms with Gasteiger partial charge >= 0.3 is 0 Å². The summed E-state index contributed by atoms with van der Waals surface area (Å²) in [7, 11) is 1.80. The second-order valence-electron chi connectivity index (χ2n) is 6.10. The van der Waals surface area contributed by atoms with Crippen LogP contribution in [0.5, 0.6) is 11.5 Å². The first-order valence-corrected chi connectivity index (χ1v) is 8.94. The number of phenolic OH excluding ortho intramolecular Hbond substituents is 1. The molecule has 3 rings (SSSR count). The Bertz CT molecular complexity index is 719. The van der Waals surface area contributed by atoms with E-state index in [1.54, 1.807) is 13.1 Å². The molecule has 1 heterocycles. The molecule has 6 nitrogen and oxygen atoms in total. The average molecular weight is 482 g/mol. The molecule has 1 aliphatic rings. The Morgan fingerprint density at radius 3 is 2.37 bits per heavy atom. The molecule has 1 saturated heterocycles. The lowest BCUT2D eigenvalue weighted by atomic mass is 10.2. The van der Waals surface area contributed by atoms with Crippen LogP contribution in [0, 0.1) is 0 Å². The van der Waals surface area contributed by atoms with E-state index in [4.69, 9.17) is 4.74 Å². The maximum atomic E-state index is 10.0. The molecule has 0 saturated carbocycles. The van der Waals surface area contributed by atoms with Crippen molar-refractivity contribution < 1.29 is 9.84 Å². The predicted molar refractivity (Wildman–Crippen MR) is 121 cm³/mol. The van der Waals surface area contributed by atoms with Crippen LogP contribution < -0.4 is 15.0 Å². The van der Waals surface area contributed by atoms with Gasteiger partial charge in [0.1, 0.15) is 18.1 Å². The Labute approximate surface area is 177 Å². The monoisotopic (exact) mass is 482 g/mol. The molecule has 1 fully saturated rings. The van der Waals surface area contributed by atoms with E-state index in [0.717, 1.165) is 43.6 Å². The molecular weight excluding hydrogens is 455 g/mol. The number of para-hydroxylation sites is 3. The highest BCUT2D eigenvalue weighted by Gasteiger charge is 2.21. The number of piperazine rings is 1. The lowest BCUT2D eigenvalue weighted by Gasteiger charge is -2.37.